The first kappa shape index (κ1) is 12.8. The topological polar surface area (TPSA) is 41.6 Å². The second kappa shape index (κ2) is 5.83. The van der Waals surface area contributed by atoms with Crippen LogP contribution in [0.4, 0.5) is 0 Å². The summed E-state index contributed by atoms with van der Waals surface area (Å²) in [6.07, 6.45) is 5.00. The van der Waals surface area contributed by atoms with Crippen LogP contribution in [0.5, 0.6) is 0 Å². The predicted molar refractivity (Wildman–Crippen MR) is 66.8 cm³/mol. The minimum absolute atomic E-state index is 0.230. The molecule has 2 aliphatic carbocycles. The number of hydrogen-bond donors (Lipinski definition) is 1. The highest BCUT2D eigenvalue weighted by molar-refractivity contribution is 5.78. The van der Waals surface area contributed by atoms with Crippen LogP contribution in [0.15, 0.2) is 0 Å². The number of carbonyl (C=O) groups is 1. The van der Waals surface area contributed by atoms with E-state index < -0.39 is 0 Å². The quantitative estimate of drug-likeness (QED) is 0.688. The third-order valence-electron chi connectivity index (χ3n) is 3.77. The van der Waals surface area contributed by atoms with Crippen molar-refractivity contribution in [3.8, 4) is 0 Å². The van der Waals surface area contributed by atoms with E-state index >= 15 is 0 Å². The summed E-state index contributed by atoms with van der Waals surface area (Å²) >= 11 is 0. The summed E-state index contributed by atoms with van der Waals surface area (Å²) in [6, 6.07) is 0.970. The maximum atomic E-state index is 12.2. The molecule has 4 nitrogen and oxygen atoms in total. The molecule has 0 radical (unpaired) electrons. The van der Waals surface area contributed by atoms with Gasteiger partial charge in [0.2, 0.25) is 5.91 Å². The van der Waals surface area contributed by atoms with Gasteiger partial charge in [-0.3, -0.25) is 4.79 Å². The molecule has 0 aromatic heterocycles. The fourth-order valence-electron chi connectivity index (χ4n) is 2.20. The van der Waals surface area contributed by atoms with Gasteiger partial charge in [-0.05, 0) is 38.5 Å². The first-order valence-electron chi connectivity index (χ1n) is 6.74. The van der Waals surface area contributed by atoms with Gasteiger partial charge in [-0.2, -0.15) is 0 Å². The van der Waals surface area contributed by atoms with E-state index in [9.17, 15) is 4.79 Å². The summed E-state index contributed by atoms with van der Waals surface area (Å²) in [4.78, 5) is 14.2. The first-order valence-corrected chi connectivity index (χ1v) is 6.74. The Kier molecular flexibility index (Phi) is 4.40. The SMILES string of the molecule is COCCN(C(=O)CNC1CC1)C(C)C1CC1. The van der Waals surface area contributed by atoms with Gasteiger partial charge in [-0.25, -0.2) is 0 Å². The Morgan fingerprint density at radius 3 is 2.65 bits per heavy atom. The zero-order chi connectivity index (χ0) is 12.3. The van der Waals surface area contributed by atoms with E-state index in [4.69, 9.17) is 4.74 Å². The monoisotopic (exact) mass is 240 g/mol. The van der Waals surface area contributed by atoms with E-state index in [-0.39, 0.29) is 5.91 Å². The number of rotatable bonds is 8. The van der Waals surface area contributed by atoms with Crippen molar-refractivity contribution in [3.63, 3.8) is 0 Å². The lowest BCUT2D eigenvalue weighted by molar-refractivity contribution is -0.133. The maximum absolute atomic E-state index is 12.2. The van der Waals surface area contributed by atoms with Gasteiger partial charge in [-0.15, -0.1) is 0 Å². The van der Waals surface area contributed by atoms with Crippen LogP contribution in [0.2, 0.25) is 0 Å². The van der Waals surface area contributed by atoms with E-state index in [1.54, 1.807) is 7.11 Å². The van der Waals surface area contributed by atoms with Crippen LogP contribution >= 0.6 is 0 Å². The van der Waals surface area contributed by atoms with Crippen molar-refractivity contribution in [1.82, 2.24) is 10.2 Å². The Balaban J connectivity index is 1.80. The molecule has 0 bridgehead atoms. The molecule has 0 aromatic carbocycles. The molecule has 17 heavy (non-hydrogen) atoms. The van der Waals surface area contributed by atoms with Crippen molar-refractivity contribution in [2.24, 2.45) is 5.92 Å². The summed E-state index contributed by atoms with van der Waals surface area (Å²) in [5.41, 5.74) is 0. The van der Waals surface area contributed by atoms with Crippen LogP contribution in [-0.2, 0) is 9.53 Å². The molecule has 2 rings (SSSR count). The Labute approximate surface area is 104 Å². The van der Waals surface area contributed by atoms with Gasteiger partial charge in [0.25, 0.3) is 0 Å². The number of nitrogens with one attached hydrogen (secondary N) is 1. The van der Waals surface area contributed by atoms with Crippen LogP contribution in [-0.4, -0.2) is 49.7 Å². The standard InChI is InChI=1S/C13H24N2O2/c1-10(11-3-4-11)15(7-8-17-2)13(16)9-14-12-5-6-12/h10-12,14H,3-9H2,1-2H3. The Hall–Kier alpha value is -0.610. The van der Waals surface area contributed by atoms with E-state index in [2.05, 4.69) is 12.2 Å². The summed E-state index contributed by atoms with van der Waals surface area (Å²) in [5, 5.41) is 3.30. The molecule has 98 valence electrons. The number of hydrogen-bond acceptors (Lipinski definition) is 3. The van der Waals surface area contributed by atoms with Crippen molar-refractivity contribution < 1.29 is 9.53 Å². The van der Waals surface area contributed by atoms with Gasteiger partial charge < -0.3 is 15.0 Å². The lowest BCUT2D eigenvalue weighted by Gasteiger charge is -2.29. The summed E-state index contributed by atoms with van der Waals surface area (Å²) in [7, 11) is 1.69. The molecule has 2 saturated carbocycles. The molecule has 1 amide bonds. The van der Waals surface area contributed by atoms with Gasteiger partial charge in [0.15, 0.2) is 0 Å². The zero-order valence-corrected chi connectivity index (χ0v) is 10.9. The summed E-state index contributed by atoms with van der Waals surface area (Å²) in [5.74, 6) is 0.949. The summed E-state index contributed by atoms with van der Waals surface area (Å²) < 4.78 is 5.10. The van der Waals surface area contributed by atoms with E-state index in [0.717, 1.165) is 12.5 Å². The van der Waals surface area contributed by atoms with E-state index in [1.807, 2.05) is 4.90 Å². The molecule has 0 spiro atoms. The van der Waals surface area contributed by atoms with Crippen LogP contribution < -0.4 is 5.32 Å². The van der Waals surface area contributed by atoms with Crippen LogP contribution in [0.25, 0.3) is 0 Å². The Morgan fingerprint density at radius 1 is 1.41 bits per heavy atom. The maximum Gasteiger partial charge on any atom is 0.236 e. The van der Waals surface area contributed by atoms with Crippen molar-refractivity contribution in [2.45, 2.75) is 44.7 Å². The van der Waals surface area contributed by atoms with Crippen molar-refractivity contribution >= 4 is 5.91 Å². The Morgan fingerprint density at radius 2 is 2.12 bits per heavy atom. The summed E-state index contributed by atoms with van der Waals surface area (Å²) in [6.45, 7) is 4.01. The smallest absolute Gasteiger partial charge is 0.236 e. The molecule has 1 atom stereocenters. The zero-order valence-electron chi connectivity index (χ0n) is 10.9. The highest BCUT2D eigenvalue weighted by atomic mass is 16.5. The number of methoxy groups -OCH3 is 1. The highest BCUT2D eigenvalue weighted by Gasteiger charge is 2.34. The van der Waals surface area contributed by atoms with Crippen molar-refractivity contribution in [3.05, 3.63) is 0 Å². The van der Waals surface area contributed by atoms with Crippen molar-refractivity contribution in [2.75, 3.05) is 26.8 Å². The molecule has 1 unspecified atom stereocenters. The molecule has 1 N–H and O–H groups in total. The lowest BCUT2D eigenvalue weighted by Crippen LogP contribution is -2.46. The third kappa shape index (κ3) is 3.96. The second-order valence-corrected chi connectivity index (χ2v) is 5.31. The molecule has 2 aliphatic rings. The second-order valence-electron chi connectivity index (χ2n) is 5.31. The number of amides is 1. The number of nitrogens with zero attached hydrogens (tertiary/aromatic N) is 1. The molecule has 0 heterocycles. The minimum Gasteiger partial charge on any atom is -0.383 e. The highest BCUT2D eigenvalue weighted by Crippen LogP contribution is 2.35. The third-order valence-corrected chi connectivity index (χ3v) is 3.77. The van der Waals surface area contributed by atoms with Gasteiger partial charge in [0.05, 0.1) is 13.2 Å². The molecule has 0 aromatic rings. The van der Waals surface area contributed by atoms with E-state index in [0.29, 0.717) is 25.2 Å². The van der Waals surface area contributed by atoms with Crippen LogP contribution in [0.1, 0.15) is 32.6 Å². The molecular formula is C13H24N2O2. The molecule has 0 aliphatic heterocycles. The molecule has 2 fully saturated rings. The average Bonchev–Trinajstić information content (AvgIpc) is 3.19. The largest absolute Gasteiger partial charge is 0.383 e. The molecular weight excluding hydrogens is 216 g/mol. The van der Waals surface area contributed by atoms with Gasteiger partial charge in [0.1, 0.15) is 0 Å². The van der Waals surface area contributed by atoms with Crippen LogP contribution in [0.3, 0.4) is 0 Å². The molecule has 4 heteroatoms. The van der Waals surface area contributed by atoms with Crippen molar-refractivity contribution in [1.29, 1.82) is 0 Å². The average molecular weight is 240 g/mol. The predicted octanol–water partition coefficient (Wildman–Crippen LogP) is 1.01. The normalized spacial score (nSPS) is 21.3. The van der Waals surface area contributed by atoms with E-state index in [1.165, 1.54) is 25.7 Å². The minimum atomic E-state index is 0.230. The lowest BCUT2D eigenvalue weighted by atomic mass is 10.2. The number of ether oxygens (including phenoxy) is 1. The number of carbonyl (C=O) groups excluding carboxylic acids is 1. The van der Waals surface area contributed by atoms with Crippen LogP contribution in [0, 0.1) is 5.92 Å². The van der Waals surface area contributed by atoms with Gasteiger partial charge in [-0.1, -0.05) is 0 Å². The fourth-order valence-corrected chi connectivity index (χ4v) is 2.20. The fraction of sp³-hybridized carbons (Fsp3) is 0.923. The van der Waals surface area contributed by atoms with Gasteiger partial charge in [0, 0.05) is 25.7 Å². The first-order chi connectivity index (χ1) is 8.22. The molecule has 0 saturated heterocycles. The Bertz CT molecular complexity index is 262. The van der Waals surface area contributed by atoms with Gasteiger partial charge >= 0.3 is 0 Å².